The van der Waals surface area contributed by atoms with Gasteiger partial charge in [0, 0.05) is 50.4 Å². The zero-order valence-corrected chi connectivity index (χ0v) is 18.0. The number of rotatable bonds is 5. The highest BCUT2D eigenvalue weighted by atomic mass is 16.5. The van der Waals surface area contributed by atoms with E-state index in [0.29, 0.717) is 31.8 Å². The molecule has 0 radical (unpaired) electrons. The SMILES string of the molecule is COc1ccc(N2CC(C(=O)N3CCC(Oc4cc(C)n(C)c(=O)c4)C3)CC2=O)cc1. The highest BCUT2D eigenvalue weighted by Gasteiger charge is 2.39. The lowest BCUT2D eigenvalue weighted by Gasteiger charge is -2.21. The summed E-state index contributed by atoms with van der Waals surface area (Å²) < 4.78 is 12.7. The molecule has 0 saturated carbocycles. The van der Waals surface area contributed by atoms with Gasteiger partial charge in [0.05, 0.1) is 19.6 Å². The number of ether oxygens (including phenoxy) is 2. The summed E-state index contributed by atoms with van der Waals surface area (Å²) in [6, 6.07) is 10.6. The number of aromatic nitrogens is 1. The van der Waals surface area contributed by atoms with E-state index in [1.54, 1.807) is 40.7 Å². The second-order valence-corrected chi connectivity index (χ2v) is 8.15. The first-order valence-electron chi connectivity index (χ1n) is 10.4. The molecule has 0 bridgehead atoms. The van der Waals surface area contributed by atoms with Crippen LogP contribution >= 0.6 is 0 Å². The lowest BCUT2D eigenvalue weighted by molar-refractivity contribution is -0.135. The van der Waals surface area contributed by atoms with Crippen LogP contribution < -0.4 is 19.9 Å². The average molecular weight is 425 g/mol. The predicted molar refractivity (Wildman–Crippen MR) is 115 cm³/mol. The van der Waals surface area contributed by atoms with Gasteiger partial charge in [0.15, 0.2) is 0 Å². The third-order valence-electron chi connectivity index (χ3n) is 6.09. The number of amides is 2. The number of aryl methyl sites for hydroxylation is 1. The summed E-state index contributed by atoms with van der Waals surface area (Å²) in [5.74, 6) is 0.820. The quantitative estimate of drug-likeness (QED) is 0.729. The van der Waals surface area contributed by atoms with E-state index in [2.05, 4.69) is 0 Å². The van der Waals surface area contributed by atoms with Gasteiger partial charge in [-0.05, 0) is 37.3 Å². The zero-order valence-electron chi connectivity index (χ0n) is 18.0. The minimum Gasteiger partial charge on any atom is -0.497 e. The molecule has 2 saturated heterocycles. The van der Waals surface area contributed by atoms with Gasteiger partial charge in [0.1, 0.15) is 17.6 Å². The minimum atomic E-state index is -0.361. The maximum absolute atomic E-state index is 13.0. The molecule has 2 unspecified atom stereocenters. The van der Waals surface area contributed by atoms with Gasteiger partial charge in [-0.3, -0.25) is 14.4 Å². The molecule has 0 N–H and O–H groups in total. The Kier molecular flexibility index (Phi) is 5.71. The van der Waals surface area contributed by atoms with Crippen LogP contribution in [-0.4, -0.2) is 54.1 Å². The predicted octanol–water partition coefficient (Wildman–Crippen LogP) is 1.74. The summed E-state index contributed by atoms with van der Waals surface area (Å²) in [6.45, 7) is 3.27. The summed E-state index contributed by atoms with van der Waals surface area (Å²) >= 11 is 0. The van der Waals surface area contributed by atoms with Crippen LogP contribution in [0.4, 0.5) is 5.69 Å². The van der Waals surface area contributed by atoms with E-state index in [9.17, 15) is 14.4 Å². The van der Waals surface area contributed by atoms with Crippen molar-refractivity contribution in [2.75, 3.05) is 31.6 Å². The fourth-order valence-electron chi connectivity index (χ4n) is 4.16. The molecule has 4 rings (SSSR count). The first-order chi connectivity index (χ1) is 14.9. The Labute approximate surface area is 181 Å². The van der Waals surface area contributed by atoms with Crippen molar-refractivity contribution in [3.63, 3.8) is 0 Å². The van der Waals surface area contributed by atoms with Crippen LogP contribution in [0.2, 0.25) is 0 Å². The summed E-state index contributed by atoms with van der Waals surface area (Å²) in [5, 5.41) is 0. The topological polar surface area (TPSA) is 81.1 Å². The first-order valence-corrected chi connectivity index (χ1v) is 10.4. The van der Waals surface area contributed by atoms with Crippen molar-refractivity contribution in [3.8, 4) is 11.5 Å². The molecule has 164 valence electrons. The maximum Gasteiger partial charge on any atom is 0.254 e. The summed E-state index contributed by atoms with van der Waals surface area (Å²) in [4.78, 5) is 41.0. The Morgan fingerprint density at radius 3 is 2.48 bits per heavy atom. The van der Waals surface area contributed by atoms with Gasteiger partial charge in [-0.1, -0.05) is 0 Å². The number of carbonyl (C=O) groups is 2. The van der Waals surface area contributed by atoms with Crippen LogP contribution in [0.5, 0.6) is 11.5 Å². The molecule has 2 aliphatic heterocycles. The molecule has 2 aliphatic rings. The van der Waals surface area contributed by atoms with Gasteiger partial charge in [0.2, 0.25) is 11.8 Å². The van der Waals surface area contributed by atoms with Gasteiger partial charge in [-0.2, -0.15) is 0 Å². The Balaban J connectivity index is 1.37. The second-order valence-electron chi connectivity index (χ2n) is 8.15. The van der Waals surface area contributed by atoms with Crippen molar-refractivity contribution >= 4 is 17.5 Å². The van der Waals surface area contributed by atoms with Crippen molar-refractivity contribution < 1.29 is 19.1 Å². The Morgan fingerprint density at radius 1 is 1.06 bits per heavy atom. The van der Waals surface area contributed by atoms with E-state index in [0.717, 1.165) is 17.1 Å². The van der Waals surface area contributed by atoms with Crippen LogP contribution in [0.25, 0.3) is 0 Å². The molecule has 3 heterocycles. The molecule has 0 aliphatic carbocycles. The number of hydrogen-bond donors (Lipinski definition) is 0. The molecule has 2 atom stereocenters. The Morgan fingerprint density at radius 2 is 1.81 bits per heavy atom. The molecule has 2 aromatic rings. The fourth-order valence-corrected chi connectivity index (χ4v) is 4.16. The highest BCUT2D eigenvalue weighted by Crippen LogP contribution is 2.29. The number of anilines is 1. The van der Waals surface area contributed by atoms with Crippen LogP contribution in [0.15, 0.2) is 41.2 Å². The van der Waals surface area contributed by atoms with Crippen molar-refractivity contribution in [2.24, 2.45) is 13.0 Å². The number of benzene rings is 1. The summed E-state index contributed by atoms with van der Waals surface area (Å²) in [6.07, 6.45) is 0.745. The number of carbonyl (C=O) groups excluding carboxylic acids is 2. The van der Waals surface area contributed by atoms with E-state index in [-0.39, 0.29) is 35.8 Å². The molecule has 2 amide bonds. The normalized spacial score (nSPS) is 20.9. The van der Waals surface area contributed by atoms with Crippen molar-refractivity contribution in [3.05, 3.63) is 52.4 Å². The number of likely N-dealkylation sites (tertiary alicyclic amines) is 1. The van der Waals surface area contributed by atoms with Crippen molar-refractivity contribution in [2.45, 2.75) is 25.9 Å². The van der Waals surface area contributed by atoms with E-state index >= 15 is 0 Å². The van der Waals surface area contributed by atoms with Gasteiger partial charge in [0.25, 0.3) is 5.56 Å². The maximum atomic E-state index is 13.0. The second kappa shape index (κ2) is 8.45. The van der Waals surface area contributed by atoms with E-state index in [1.807, 2.05) is 25.1 Å². The smallest absolute Gasteiger partial charge is 0.254 e. The average Bonchev–Trinajstić information content (AvgIpc) is 3.38. The molecule has 8 nitrogen and oxygen atoms in total. The number of nitrogens with zero attached hydrogens (tertiary/aromatic N) is 3. The van der Waals surface area contributed by atoms with Crippen molar-refractivity contribution in [1.29, 1.82) is 0 Å². The van der Waals surface area contributed by atoms with Crippen LogP contribution in [-0.2, 0) is 16.6 Å². The number of pyridine rings is 1. The summed E-state index contributed by atoms with van der Waals surface area (Å²) in [5.41, 5.74) is 1.46. The monoisotopic (exact) mass is 425 g/mol. The van der Waals surface area contributed by atoms with Gasteiger partial charge in [-0.15, -0.1) is 0 Å². The lowest BCUT2D eigenvalue weighted by atomic mass is 10.1. The van der Waals surface area contributed by atoms with Gasteiger partial charge >= 0.3 is 0 Å². The first kappa shape index (κ1) is 21.0. The standard InChI is InChI=1S/C23H27N3O5/c1-15-10-20(12-21(27)24(15)2)31-19-8-9-25(14-19)23(29)16-11-22(28)26(13-16)17-4-6-18(30-3)7-5-17/h4-7,10,12,16,19H,8-9,11,13-14H2,1-3H3. The number of methoxy groups -OCH3 is 1. The molecular formula is C23H27N3O5. The fraction of sp³-hybridized carbons (Fsp3) is 0.435. The third kappa shape index (κ3) is 4.28. The molecule has 1 aromatic carbocycles. The molecule has 1 aromatic heterocycles. The van der Waals surface area contributed by atoms with E-state index in [4.69, 9.17) is 9.47 Å². The van der Waals surface area contributed by atoms with Gasteiger partial charge < -0.3 is 23.8 Å². The molecular weight excluding hydrogens is 398 g/mol. The van der Waals surface area contributed by atoms with E-state index < -0.39 is 0 Å². The van der Waals surface area contributed by atoms with Gasteiger partial charge in [-0.25, -0.2) is 0 Å². The Hall–Kier alpha value is -3.29. The third-order valence-corrected chi connectivity index (χ3v) is 6.09. The molecule has 2 fully saturated rings. The minimum absolute atomic E-state index is 0.0179. The highest BCUT2D eigenvalue weighted by molar-refractivity contribution is 6.00. The van der Waals surface area contributed by atoms with Crippen LogP contribution in [0, 0.1) is 12.8 Å². The summed E-state index contributed by atoms with van der Waals surface area (Å²) in [7, 11) is 3.31. The number of hydrogen-bond acceptors (Lipinski definition) is 5. The van der Waals surface area contributed by atoms with Crippen molar-refractivity contribution in [1.82, 2.24) is 9.47 Å². The van der Waals surface area contributed by atoms with Crippen LogP contribution in [0.3, 0.4) is 0 Å². The molecule has 31 heavy (non-hydrogen) atoms. The zero-order chi connectivity index (χ0) is 22.1. The lowest BCUT2D eigenvalue weighted by Crippen LogP contribution is -2.37. The largest absolute Gasteiger partial charge is 0.497 e. The van der Waals surface area contributed by atoms with E-state index in [1.165, 1.54) is 6.07 Å². The van der Waals surface area contributed by atoms with Crippen LogP contribution in [0.1, 0.15) is 18.5 Å². The molecule has 0 spiro atoms. The Bertz CT molecular complexity index is 1050. The molecule has 8 heteroatoms.